The van der Waals surface area contributed by atoms with Gasteiger partial charge < -0.3 is 9.52 Å². The Morgan fingerprint density at radius 1 is 0.833 bits per heavy atom. The van der Waals surface area contributed by atoms with E-state index in [1.807, 2.05) is 0 Å². The Morgan fingerprint density at radius 2 is 1.50 bits per heavy atom. The predicted octanol–water partition coefficient (Wildman–Crippen LogP) is 2.70. The molecular formula is C19H10O5. The monoisotopic (exact) mass is 318 g/mol. The highest BCUT2D eigenvalue weighted by atomic mass is 16.4. The van der Waals surface area contributed by atoms with Crippen molar-refractivity contribution in [2.75, 3.05) is 0 Å². The lowest BCUT2D eigenvalue weighted by Crippen LogP contribution is -2.21. The fourth-order valence-corrected chi connectivity index (χ4v) is 2.90. The molecule has 3 aromatic rings. The first kappa shape index (κ1) is 14.1. The summed E-state index contributed by atoms with van der Waals surface area (Å²) in [7, 11) is 0. The second kappa shape index (κ2) is 5.03. The first-order valence-corrected chi connectivity index (χ1v) is 7.23. The number of benzene rings is 2. The molecule has 1 N–H and O–H groups in total. The average Bonchev–Trinajstić information content (AvgIpc) is 2.59. The van der Waals surface area contributed by atoms with Crippen LogP contribution in [0, 0.1) is 0 Å². The van der Waals surface area contributed by atoms with E-state index in [1.165, 1.54) is 6.07 Å². The maximum atomic E-state index is 12.4. The van der Waals surface area contributed by atoms with Crippen molar-refractivity contribution in [3.63, 3.8) is 0 Å². The summed E-state index contributed by atoms with van der Waals surface area (Å²) >= 11 is 0. The van der Waals surface area contributed by atoms with Gasteiger partial charge in [0.2, 0.25) is 11.6 Å². The first-order chi connectivity index (χ1) is 11.6. The topological polar surface area (TPSA) is 84.6 Å². The number of fused-ring (bicyclic) bond motifs is 2. The van der Waals surface area contributed by atoms with E-state index in [0.717, 1.165) is 6.08 Å². The van der Waals surface area contributed by atoms with Crippen LogP contribution in [0.5, 0.6) is 5.75 Å². The molecule has 0 aliphatic heterocycles. The second-order valence-corrected chi connectivity index (χ2v) is 5.41. The molecule has 0 spiro atoms. The van der Waals surface area contributed by atoms with Crippen LogP contribution in [0.1, 0.15) is 21.5 Å². The number of hydrogen-bond acceptors (Lipinski definition) is 5. The lowest BCUT2D eigenvalue weighted by Gasteiger charge is -2.16. The molecule has 5 heteroatoms. The second-order valence-electron chi connectivity index (χ2n) is 5.41. The molecule has 1 aliphatic rings. The van der Waals surface area contributed by atoms with Crippen molar-refractivity contribution in [3.8, 4) is 5.75 Å². The smallest absolute Gasteiger partial charge is 0.348 e. The maximum absolute atomic E-state index is 12.4. The SMILES string of the molecule is O=C1C=C(c2c(O)c3ccccc3oc2=O)c2ccccc2C1=O. The molecule has 0 bridgehead atoms. The van der Waals surface area contributed by atoms with Crippen LogP contribution in [0.25, 0.3) is 16.5 Å². The lowest BCUT2D eigenvalue weighted by atomic mass is 9.85. The summed E-state index contributed by atoms with van der Waals surface area (Å²) < 4.78 is 5.25. The normalized spacial score (nSPS) is 13.8. The van der Waals surface area contributed by atoms with Crippen molar-refractivity contribution < 1.29 is 19.1 Å². The van der Waals surface area contributed by atoms with E-state index in [0.29, 0.717) is 10.9 Å². The van der Waals surface area contributed by atoms with Gasteiger partial charge in [-0.1, -0.05) is 36.4 Å². The van der Waals surface area contributed by atoms with Gasteiger partial charge in [0.05, 0.1) is 5.39 Å². The third-order valence-electron chi connectivity index (χ3n) is 4.02. The van der Waals surface area contributed by atoms with E-state index >= 15 is 0 Å². The summed E-state index contributed by atoms with van der Waals surface area (Å²) in [6.45, 7) is 0. The third-order valence-corrected chi connectivity index (χ3v) is 4.02. The standard InChI is InChI=1S/C19H10O5/c20-14-9-13(10-5-1-2-6-11(10)17(14)21)16-18(22)12-7-3-4-8-15(12)24-19(16)23/h1-9,22H. The molecule has 0 fully saturated rings. The highest BCUT2D eigenvalue weighted by Gasteiger charge is 2.29. The van der Waals surface area contributed by atoms with Crippen LogP contribution in [0.15, 0.2) is 63.8 Å². The highest BCUT2D eigenvalue weighted by molar-refractivity contribution is 6.51. The van der Waals surface area contributed by atoms with Gasteiger partial charge in [0.15, 0.2) is 0 Å². The molecule has 116 valence electrons. The first-order valence-electron chi connectivity index (χ1n) is 7.23. The number of aromatic hydroxyl groups is 1. The quantitative estimate of drug-likeness (QED) is 0.551. The lowest BCUT2D eigenvalue weighted by molar-refractivity contribution is -0.111. The molecule has 1 aromatic heterocycles. The molecule has 0 unspecified atom stereocenters. The van der Waals surface area contributed by atoms with E-state index in [1.54, 1.807) is 42.5 Å². The number of hydrogen-bond donors (Lipinski definition) is 1. The number of carbonyl (C=O) groups excluding carboxylic acids is 2. The van der Waals surface area contributed by atoms with Gasteiger partial charge in [-0.05, 0) is 23.8 Å². The Balaban J connectivity index is 2.08. The van der Waals surface area contributed by atoms with Gasteiger partial charge in [-0.3, -0.25) is 9.59 Å². The molecule has 1 aliphatic carbocycles. The Bertz CT molecular complexity index is 1120. The van der Waals surface area contributed by atoms with Crippen molar-refractivity contribution >= 4 is 28.1 Å². The van der Waals surface area contributed by atoms with Crippen molar-refractivity contribution in [3.05, 3.63) is 81.7 Å². The third kappa shape index (κ3) is 1.91. The summed E-state index contributed by atoms with van der Waals surface area (Å²) in [5, 5.41) is 10.9. The number of rotatable bonds is 1. The molecule has 4 rings (SSSR count). The van der Waals surface area contributed by atoms with Gasteiger partial charge >= 0.3 is 5.63 Å². The van der Waals surface area contributed by atoms with Crippen molar-refractivity contribution in [2.45, 2.75) is 0 Å². The molecule has 0 amide bonds. The van der Waals surface area contributed by atoms with E-state index in [-0.39, 0.29) is 28.0 Å². The van der Waals surface area contributed by atoms with Gasteiger partial charge in [0, 0.05) is 11.1 Å². The van der Waals surface area contributed by atoms with Crippen LogP contribution in [0.2, 0.25) is 0 Å². The van der Waals surface area contributed by atoms with Gasteiger partial charge in [-0.2, -0.15) is 0 Å². The van der Waals surface area contributed by atoms with E-state index in [9.17, 15) is 19.5 Å². The van der Waals surface area contributed by atoms with Crippen LogP contribution in [-0.2, 0) is 4.79 Å². The summed E-state index contributed by atoms with van der Waals surface area (Å²) in [5.41, 5.74) is 0.159. The predicted molar refractivity (Wildman–Crippen MR) is 87.0 cm³/mol. The molecule has 24 heavy (non-hydrogen) atoms. The summed E-state index contributed by atoms with van der Waals surface area (Å²) in [5.74, 6) is -1.65. The molecule has 0 saturated heterocycles. The Labute approximate surface area is 135 Å². The summed E-state index contributed by atoms with van der Waals surface area (Å²) in [4.78, 5) is 36.4. The van der Waals surface area contributed by atoms with Crippen molar-refractivity contribution in [2.24, 2.45) is 0 Å². The zero-order valence-corrected chi connectivity index (χ0v) is 12.3. The molecule has 2 aromatic carbocycles. The molecule has 0 radical (unpaired) electrons. The summed E-state index contributed by atoms with van der Waals surface area (Å²) in [6.07, 6.45) is 1.07. The van der Waals surface area contributed by atoms with Gasteiger partial charge in [0.25, 0.3) is 0 Å². The number of para-hydroxylation sites is 1. The Kier molecular flexibility index (Phi) is 2.96. The zero-order chi connectivity index (χ0) is 16.8. The van der Waals surface area contributed by atoms with Crippen LogP contribution >= 0.6 is 0 Å². The summed E-state index contributed by atoms with van der Waals surface area (Å²) in [6, 6.07) is 13.0. The zero-order valence-electron chi connectivity index (χ0n) is 12.3. The van der Waals surface area contributed by atoms with Gasteiger partial charge in [-0.25, -0.2) is 4.79 Å². The van der Waals surface area contributed by atoms with Crippen molar-refractivity contribution in [1.82, 2.24) is 0 Å². The minimum atomic E-state index is -0.769. The van der Waals surface area contributed by atoms with Crippen LogP contribution in [-0.4, -0.2) is 16.7 Å². The Morgan fingerprint density at radius 3 is 2.29 bits per heavy atom. The minimum Gasteiger partial charge on any atom is -0.506 e. The van der Waals surface area contributed by atoms with Crippen LogP contribution in [0.4, 0.5) is 0 Å². The molecular weight excluding hydrogens is 308 g/mol. The largest absolute Gasteiger partial charge is 0.506 e. The molecule has 1 heterocycles. The van der Waals surface area contributed by atoms with Gasteiger partial charge in [0.1, 0.15) is 16.9 Å². The molecule has 0 saturated carbocycles. The Hall–Kier alpha value is -3.47. The number of ketones is 2. The highest BCUT2D eigenvalue weighted by Crippen LogP contribution is 2.36. The fourth-order valence-electron chi connectivity index (χ4n) is 2.90. The number of Topliss-reactive ketones (excluding diaryl/α,β-unsaturated/α-hetero) is 1. The van der Waals surface area contributed by atoms with Crippen molar-refractivity contribution in [1.29, 1.82) is 0 Å². The minimum absolute atomic E-state index is 0.123. The molecule has 0 atom stereocenters. The maximum Gasteiger partial charge on any atom is 0.348 e. The van der Waals surface area contributed by atoms with E-state index in [4.69, 9.17) is 4.42 Å². The fraction of sp³-hybridized carbons (Fsp3) is 0. The van der Waals surface area contributed by atoms with E-state index < -0.39 is 17.2 Å². The average molecular weight is 318 g/mol. The van der Waals surface area contributed by atoms with Gasteiger partial charge in [-0.15, -0.1) is 0 Å². The number of allylic oxidation sites excluding steroid dienone is 1. The molecule has 5 nitrogen and oxygen atoms in total. The number of carbonyl (C=O) groups is 2. The van der Waals surface area contributed by atoms with Crippen LogP contribution in [0.3, 0.4) is 0 Å². The van der Waals surface area contributed by atoms with Crippen LogP contribution < -0.4 is 5.63 Å². The van der Waals surface area contributed by atoms with E-state index in [2.05, 4.69) is 0 Å².